The van der Waals surface area contributed by atoms with Crippen molar-refractivity contribution >= 4 is 58.4 Å². The molecule has 16 rings (SSSR count). The van der Waals surface area contributed by atoms with E-state index in [4.69, 9.17) is 0 Å². The van der Waals surface area contributed by atoms with Crippen LogP contribution in [0, 0.1) is 0 Å². The Morgan fingerprint density at radius 1 is 0.208 bits per heavy atom. The molecule has 2 heteroatoms. The summed E-state index contributed by atoms with van der Waals surface area (Å²) in [6, 6.07) is 125. The van der Waals surface area contributed by atoms with Crippen LogP contribution in [0.2, 0.25) is 0 Å². The average Bonchev–Trinajstić information content (AvgIpc) is 1.53. The Balaban J connectivity index is 0.831. The summed E-state index contributed by atoms with van der Waals surface area (Å²) in [5.41, 5.74) is 30.8. The fourth-order valence-electron chi connectivity index (χ4n) is 15.4. The van der Waals surface area contributed by atoms with Crippen molar-refractivity contribution in [3.63, 3.8) is 0 Å². The predicted molar refractivity (Wildman–Crippen MR) is 407 cm³/mol. The molecule has 14 aromatic carbocycles. The molecule has 0 heterocycles. The Hall–Kier alpha value is -12.4. The molecule has 0 N–H and O–H groups in total. The SMILES string of the molecule is C=Cc1ccc(C2(c3ccc(C=C)cc3)c3ccccc3-c3c(N(c4ccc(-c5ccccc5)cc4)c4ccc(-c5ccc(N(c6ccc(-c7ccccc7)cc6)c6cccc7c6-c6ccccc6C7(c6ccc(C=C)cc6)c6ccc(C=C)cc6)cc5)cc4)cccc32)cc1. The lowest BCUT2D eigenvalue weighted by Crippen LogP contribution is -2.28. The van der Waals surface area contributed by atoms with E-state index >= 15 is 0 Å². The van der Waals surface area contributed by atoms with Gasteiger partial charge in [0.1, 0.15) is 0 Å². The summed E-state index contributed by atoms with van der Waals surface area (Å²) in [5.74, 6) is 0. The number of hydrogen-bond donors (Lipinski definition) is 0. The van der Waals surface area contributed by atoms with E-state index in [0.717, 1.165) is 78.6 Å². The van der Waals surface area contributed by atoms with E-state index in [1.807, 2.05) is 24.3 Å². The van der Waals surface area contributed by atoms with E-state index in [9.17, 15) is 0 Å². The Bertz CT molecular complexity index is 4780. The fraction of sp³-hybridized carbons (Fsp3) is 0.0213. The standard InChI is InChI=1S/C94H68N2/c1-5-65-33-49-75(50-34-65)93(76-51-35-66(6-2)36-52-76)85-27-17-15-25-83(85)91-87(93)29-19-31-89(91)95(79-57-41-71(42-58-79)69-21-11-9-12-22-69)81-61-45-73(46-62-81)74-47-63-82(64-48-74)96(80-59-43-72(44-60-80)70-23-13-10-14-24-70)90-32-20-30-88-92(90)84-26-16-18-28-86(84)94(88,77-53-37-67(7-3)38-54-77)78-55-39-68(8-4)40-56-78/h5-64H,1-4H2. The lowest BCUT2D eigenvalue weighted by Gasteiger charge is -2.34. The van der Waals surface area contributed by atoms with Crippen LogP contribution in [0.4, 0.5) is 34.1 Å². The minimum Gasteiger partial charge on any atom is -0.310 e. The van der Waals surface area contributed by atoms with Gasteiger partial charge in [-0.25, -0.2) is 0 Å². The largest absolute Gasteiger partial charge is 0.310 e. The van der Waals surface area contributed by atoms with Crippen LogP contribution in [0.5, 0.6) is 0 Å². The molecule has 2 aliphatic carbocycles. The molecule has 0 radical (unpaired) electrons. The topological polar surface area (TPSA) is 6.48 Å². The first kappa shape index (κ1) is 58.7. The molecule has 2 aliphatic rings. The molecule has 96 heavy (non-hydrogen) atoms. The number of rotatable bonds is 17. The first-order valence-corrected chi connectivity index (χ1v) is 32.9. The van der Waals surface area contributed by atoms with Crippen molar-refractivity contribution in [1.29, 1.82) is 0 Å². The molecule has 0 bridgehead atoms. The summed E-state index contributed by atoms with van der Waals surface area (Å²) in [5, 5.41) is 0. The highest BCUT2D eigenvalue weighted by molar-refractivity contribution is 6.00. The van der Waals surface area contributed by atoms with Crippen molar-refractivity contribution in [3.8, 4) is 55.6 Å². The molecule has 0 saturated carbocycles. The average molecular weight is 1230 g/mol. The fourth-order valence-corrected chi connectivity index (χ4v) is 15.4. The maximum atomic E-state index is 4.12. The highest BCUT2D eigenvalue weighted by Crippen LogP contribution is 2.62. The molecule has 454 valence electrons. The summed E-state index contributed by atoms with van der Waals surface area (Å²) in [7, 11) is 0. The van der Waals surface area contributed by atoms with Gasteiger partial charge in [-0.2, -0.15) is 0 Å². The Labute approximate surface area is 564 Å². The van der Waals surface area contributed by atoms with Crippen LogP contribution in [-0.4, -0.2) is 0 Å². The molecule has 2 nitrogen and oxygen atoms in total. The Morgan fingerprint density at radius 3 is 0.719 bits per heavy atom. The zero-order valence-electron chi connectivity index (χ0n) is 53.4. The van der Waals surface area contributed by atoms with Crippen molar-refractivity contribution in [2.75, 3.05) is 9.80 Å². The lowest BCUT2D eigenvalue weighted by atomic mass is 9.67. The van der Waals surface area contributed by atoms with Crippen LogP contribution < -0.4 is 9.80 Å². The first-order chi connectivity index (χ1) is 47.4. The second kappa shape index (κ2) is 24.6. The number of hydrogen-bond acceptors (Lipinski definition) is 2. The van der Waals surface area contributed by atoms with Crippen LogP contribution in [0.1, 0.15) is 66.8 Å². The maximum absolute atomic E-state index is 4.12. The lowest BCUT2D eigenvalue weighted by molar-refractivity contribution is 0.768. The monoisotopic (exact) mass is 1220 g/mol. The molecular weight excluding hydrogens is 1160 g/mol. The smallest absolute Gasteiger partial charge is 0.0714 e. The number of fused-ring (bicyclic) bond motifs is 6. The third-order valence-corrected chi connectivity index (χ3v) is 19.9. The van der Waals surface area contributed by atoms with Gasteiger partial charge in [0.15, 0.2) is 0 Å². The summed E-state index contributed by atoms with van der Waals surface area (Å²) in [6.45, 7) is 16.5. The Kier molecular flexibility index (Phi) is 15.0. The van der Waals surface area contributed by atoms with Crippen molar-refractivity contribution < 1.29 is 0 Å². The third kappa shape index (κ3) is 9.73. The maximum Gasteiger partial charge on any atom is 0.0714 e. The highest BCUT2D eigenvalue weighted by atomic mass is 15.2. The summed E-state index contributed by atoms with van der Waals surface area (Å²) < 4.78 is 0. The van der Waals surface area contributed by atoms with Crippen LogP contribution in [0.15, 0.2) is 366 Å². The molecule has 0 aromatic heterocycles. The van der Waals surface area contributed by atoms with Gasteiger partial charge in [0.05, 0.1) is 22.2 Å². The van der Waals surface area contributed by atoms with Gasteiger partial charge in [-0.1, -0.05) is 330 Å². The second-order valence-corrected chi connectivity index (χ2v) is 24.9. The quantitative estimate of drug-likeness (QED) is 0.0896. The van der Waals surface area contributed by atoms with Crippen molar-refractivity contribution in [2.45, 2.75) is 10.8 Å². The van der Waals surface area contributed by atoms with Gasteiger partial charge in [0.2, 0.25) is 0 Å². The summed E-state index contributed by atoms with van der Waals surface area (Å²) >= 11 is 0. The molecule has 0 amide bonds. The molecule has 0 unspecified atom stereocenters. The van der Waals surface area contributed by atoms with Crippen LogP contribution >= 0.6 is 0 Å². The molecule has 0 aliphatic heterocycles. The molecule has 0 atom stereocenters. The van der Waals surface area contributed by atoms with Crippen molar-refractivity contribution in [3.05, 3.63) is 433 Å². The second-order valence-electron chi connectivity index (χ2n) is 24.9. The summed E-state index contributed by atoms with van der Waals surface area (Å²) in [6.07, 6.45) is 7.67. The van der Waals surface area contributed by atoms with E-state index in [-0.39, 0.29) is 0 Å². The molecule has 0 saturated heterocycles. The summed E-state index contributed by atoms with van der Waals surface area (Å²) in [4.78, 5) is 4.90. The normalized spacial score (nSPS) is 12.7. The Morgan fingerprint density at radius 2 is 0.448 bits per heavy atom. The van der Waals surface area contributed by atoms with Crippen molar-refractivity contribution in [2.24, 2.45) is 0 Å². The molecular formula is C94H68N2. The minimum atomic E-state index is -0.631. The van der Waals surface area contributed by atoms with E-state index in [2.05, 4.69) is 376 Å². The van der Waals surface area contributed by atoms with E-state index in [0.29, 0.717) is 0 Å². The van der Waals surface area contributed by atoms with E-state index < -0.39 is 10.8 Å². The van der Waals surface area contributed by atoms with Gasteiger partial charge in [0.25, 0.3) is 0 Å². The van der Waals surface area contributed by atoms with E-state index in [1.54, 1.807) is 0 Å². The minimum absolute atomic E-state index is 0.631. The van der Waals surface area contributed by atoms with E-state index in [1.165, 1.54) is 77.9 Å². The zero-order chi connectivity index (χ0) is 64.7. The van der Waals surface area contributed by atoms with Gasteiger partial charge in [-0.15, -0.1) is 0 Å². The van der Waals surface area contributed by atoms with Crippen LogP contribution in [0.3, 0.4) is 0 Å². The predicted octanol–water partition coefficient (Wildman–Crippen LogP) is 24.9. The molecule has 0 spiro atoms. The highest BCUT2D eigenvalue weighted by Gasteiger charge is 2.49. The zero-order valence-corrected chi connectivity index (χ0v) is 53.4. The molecule has 14 aromatic rings. The molecule has 0 fully saturated rings. The van der Waals surface area contributed by atoms with Gasteiger partial charge < -0.3 is 9.80 Å². The first-order valence-electron chi connectivity index (χ1n) is 32.9. The van der Waals surface area contributed by atoms with Crippen LogP contribution in [0.25, 0.3) is 79.9 Å². The van der Waals surface area contributed by atoms with Gasteiger partial charge in [0, 0.05) is 33.9 Å². The van der Waals surface area contributed by atoms with Crippen molar-refractivity contribution in [1.82, 2.24) is 0 Å². The van der Waals surface area contributed by atoms with Gasteiger partial charge >= 0.3 is 0 Å². The van der Waals surface area contributed by atoms with Gasteiger partial charge in [-0.3, -0.25) is 0 Å². The number of benzene rings is 14. The van der Waals surface area contributed by atoms with Crippen LogP contribution in [-0.2, 0) is 10.8 Å². The number of nitrogens with zero attached hydrogens (tertiary/aromatic N) is 2. The number of anilines is 6. The van der Waals surface area contributed by atoms with Gasteiger partial charge in [-0.05, 0) is 172 Å². The third-order valence-electron chi connectivity index (χ3n) is 19.9.